The number of fused-ring (bicyclic) bond motifs is 3. The number of nitriles is 1. The number of nitrogens with zero attached hydrogens (tertiary/aromatic N) is 2. The normalized spacial score (nSPS) is 20.2. The highest BCUT2D eigenvalue weighted by Gasteiger charge is 2.33. The van der Waals surface area contributed by atoms with E-state index in [1.54, 1.807) is 6.92 Å². The molecule has 1 aliphatic heterocycles. The average molecular weight is 485 g/mol. The van der Waals surface area contributed by atoms with Gasteiger partial charge >= 0.3 is 12.1 Å². The fraction of sp³-hybridized carbons (Fsp3) is 0.577. The van der Waals surface area contributed by atoms with Crippen LogP contribution in [0.4, 0.5) is 14.9 Å². The van der Waals surface area contributed by atoms with Crippen molar-refractivity contribution < 1.29 is 23.5 Å². The second-order valence-corrected chi connectivity index (χ2v) is 10.3. The molecule has 8 nitrogen and oxygen atoms in total. The number of amides is 1. The van der Waals surface area contributed by atoms with Crippen LogP contribution >= 0.6 is 0 Å². The first kappa shape index (κ1) is 24.8. The molecule has 9 heteroatoms. The number of ether oxygens (including phenoxy) is 2. The fourth-order valence-electron chi connectivity index (χ4n) is 5.19. The van der Waals surface area contributed by atoms with Crippen LogP contribution < -0.4 is 10.2 Å². The summed E-state index contributed by atoms with van der Waals surface area (Å²) in [6.07, 6.45) is 2.73. The zero-order valence-electron chi connectivity index (χ0n) is 20.8. The van der Waals surface area contributed by atoms with Crippen LogP contribution in [0.15, 0.2) is 6.07 Å². The molecule has 188 valence electrons. The summed E-state index contributed by atoms with van der Waals surface area (Å²) in [4.78, 5) is 29.9. The van der Waals surface area contributed by atoms with E-state index in [2.05, 4.69) is 16.4 Å². The molecule has 0 saturated carbocycles. The Morgan fingerprint density at radius 1 is 1.34 bits per heavy atom. The van der Waals surface area contributed by atoms with Crippen LogP contribution in [-0.4, -0.2) is 48.4 Å². The summed E-state index contributed by atoms with van der Waals surface area (Å²) in [7, 11) is 0. The molecule has 1 saturated heterocycles. The molecule has 1 aromatic carbocycles. The van der Waals surface area contributed by atoms with Crippen LogP contribution in [-0.2, 0) is 27.1 Å². The molecule has 0 spiro atoms. The third-order valence-corrected chi connectivity index (χ3v) is 6.59. The summed E-state index contributed by atoms with van der Waals surface area (Å²) in [6, 6.07) is 3.19. The zero-order chi connectivity index (χ0) is 25.3. The molecule has 2 atom stereocenters. The van der Waals surface area contributed by atoms with Crippen LogP contribution in [0.1, 0.15) is 63.8 Å². The van der Waals surface area contributed by atoms with E-state index in [4.69, 9.17) is 9.47 Å². The van der Waals surface area contributed by atoms with Crippen molar-refractivity contribution in [1.29, 1.82) is 5.26 Å². The Balaban J connectivity index is 1.67. The number of H-pyrrole nitrogens is 1. The molecule has 1 amide bonds. The van der Waals surface area contributed by atoms with E-state index >= 15 is 4.39 Å². The number of piperidine rings is 1. The zero-order valence-corrected chi connectivity index (χ0v) is 20.8. The summed E-state index contributed by atoms with van der Waals surface area (Å²) in [5.74, 6) is -0.941. The van der Waals surface area contributed by atoms with Crippen molar-refractivity contribution in [2.45, 2.75) is 71.4 Å². The lowest BCUT2D eigenvalue weighted by molar-refractivity contribution is -0.148. The Morgan fingerprint density at radius 2 is 2.11 bits per heavy atom. The number of rotatable bonds is 4. The molecule has 0 radical (unpaired) electrons. The predicted octanol–water partition coefficient (Wildman–Crippen LogP) is 4.34. The maximum absolute atomic E-state index is 15.5. The molecule has 1 aromatic heterocycles. The lowest BCUT2D eigenvalue weighted by atomic mass is 9.86. The van der Waals surface area contributed by atoms with Crippen molar-refractivity contribution in [2.24, 2.45) is 5.92 Å². The topological polar surface area (TPSA) is 107 Å². The van der Waals surface area contributed by atoms with Gasteiger partial charge in [0.1, 0.15) is 17.5 Å². The first-order valence-corrected chi connectivity index (χ1v) is 12.3. The molecule has 1 fully saturated rings. The van der Waals surface area contributed by atoms with Gasteiger partial charge in [-0.3, -0.25) is 4.79 Å². The molecular formula is C26H33FN4O4. The average Bonchev–Trinajstić information content (AvgIpc) is 3.16. The molecule has 2 aliphatic rings. The molecule has 0 bridgehead atoms. The van der Waals surface area contributed by atoms with E-state index in [1.807, 2.05) is 25.7 Å². The minimum atomic E-state index is -0.602. The number of carbonyl (C=O) groups is 2. The number of anilines is 1. The molecular weight excluding hydrogens is 451 g/mol. The highest BCUT2D eigenvalue weighted by molar-refractivity contribution is 6.00. The number of hydrogen-bond donors (Lipinski definition) is 2. The lowest BCUT2D eigenvalue weighted by Crippen LogP contribution is -2.49. The molecule has 2 aromatic rings. The minimum absolute atomic E-state index is 0.188. The molecule has 1 aliphatic carbocycles. The van der Waals surface area contributed by atoms with Gasteiger partial charge in [0, 0.05) is 36.6 Å². The van der Waals surface area contributed by atoms with Gasteiger partial charge in [-0.15, -0.1) is 0 Å². The van der Waals surface area contributed by atoms with Crippen molar-refractivity contribution in [1.82, 2.24) is 10.3 Å². The molecule has 2 N–H and O–H groups in total. The van der Waals surface area contributed by atoms with Crippen molar-refractivity contribution in [3.8, 4) is 6.07 Å². The summed E-state index contributed by atoms with van der Waals surface area (Å²) < 4.78 is 26.1. The maximum Gasteiger partial charge on any atom is 0.407 e. The Kier molecular flexibility index (Phi) is 6.93. The lowest BCUT2D eigenvalue weighted by Gasteiger charge is -2.36. The van der Waals surface area contributed by atoms with Crippen molar-refractivity contribution >= 4 is 28.7 Å². The van der Waals surface area contributed by atoms with E-state index in [0.717, 1.165) is 24.1 Å². The Bertz CT molecular complexity index is 1180. The van der Waals surface area contributed by atoms with Gasteiger partial charge in [0.2, 0.25) is 0 Å². The predicted molar refractivity (Wildman–Crippen MR) is 130 cm³/mol. The van der Waals surface area contributed by atoms with Gasteiger partial charge in [0.15, 0.2) is 0 Å². The third-order valence-electron chi connectivity index (χ3n) is 6.59. The monoisotopic (exact) mass is 484 g/mol. The molecule has 2 heterocycles. The smallest absolute Gasteiger partial charge is 0.407 e. The summed E-state index contributed by atoms with van der Waals surface area (Å²) in [5, 5.41) is 13.3. The first-order chi connectivity index (χ1) is 16.6. The SMILES string of the molecule is CCOC(=O)C1CCc2c([nH]c3c(C#N)cc(F)c(N4CCCC(NC(=O)OC(C)(C)C)C4)c23)C1. The van der Waals surface area contributed by atoms with E-state index in [9.17, 15) is 14.9 Å². The fourth-order valence-corrected chi connectivity index (χ4v) is 5.19. The van der Waals surface area contributed by atoms with E-state index in [0.29, 0.717) is 55.5 Å². The van der Waals surface area contributed by atoms with Gasteiger partial charge in [-0.25, -0.2) is 9.18 Å². The summed E-state index contributed by atoms with van der Waals surface area (Å²) in [6.45, 7) is 8.61. The number of hydrogen-bond acceptors (Lipinski definition) is 6. The minimum Gasteiger partial charge on any atom is -0.466 e. The number of benzene rings is 1. The van der Waals surface area contributed by atoms with Crippen LogP contribution in [0.5, 0.6) is 0 Å². The van der Waals surface area contributed by atoms with Crippen LogP contribution in [0.25, 0.3) is 10.9 Å². The van der Waals surface area contributed by atoms with Gasteiger partial charge in [0.25, 0.3) is 0 Å². The number of aryl methyl sites for hydroxylation is 1. The van der Waals surface area contributed by atoms with Gasteiger partial charge in [-0.2, -0.15) is 5.26 Å². The number of alkyl carbamates (subject to hydrolysis) is 1. The Morgan fingerprint density at radius 3 is 2.80 bits per heavy atom. The van der Waals surface area contributed by atoms with E-state index < -0.39 is 17.5 Å². The third kappa shape index (κ3) is 5.21. The second-order valence-electron chi connectivity index (χ2n) is 10.3. The van der Waals surface area contributed by atoms with Crippen LogP contribution in [0.3, 0.4) is 0 Å². The number of halogens is 1. The Labute approximate surface area is 204 Å². The first-order valence-electron chi connectivity index (χ1n) is 12.3. The van der Waals surface area contributed by atoms with Crippen molar-refractivity contribution in [3.05, 3.63) is 28.7 Å². The number of nitrogens with one attached hydrogen (secondary N) is 2. The molecule has 2 unspecified atom stereocenters. The van der Waals surface area contributed by atoms with Gasteiger partial charge in [-0.1, -0.05) is 0 Å². The number of aromatic nitrogens is 1. The van der Waals surface area contributed by atoms with E-state index in [1.165, 1.54) is 6.07 Å². The second kappa shape index (κ2) is 9.76. The summed E-state index contributed by atoms with van der Waals surface area (Å²) >= 11 is 0. The summed E-state index contributed by atoms with van der Waals surface area (Å²) in [5.41, 5.74) is 2.49. The maximum atomic E-state index is 15.5. The van der Waals surface area contributed by atoms with Crippen molar-refractivity contribution in [3.63, 3.8) is 0 Å². The van der Waals surface area contributed by atoms with Gasteiger partial charge in [-0.05, 0) is 65.0 Å². The molecule has 35 heavy (non-hydrogen) atoms. The van der Waals surface area contributed by atoms with Gasteiger partial charge in [0.05, 0.1) is 29.3 Å². The highest BCUT2D eigenvalue weighted by Crippen LogP contribution is 2.41. The number of aromatic amines is 1. The van der Waals surface area contributed by atoms with Crippen LogP contribution in [0.2, 0.25) is 0 Å². The number of esters is 1. The van der Waals surface area contributed by atoms with Gasteiger partial charge < -0.3 is 24.7 Å². The van der Waals surface area contributed by atoms with Crippen molar-refractivity contribution in [2.75, 3.05) is 24.6 Å². The highest BCUT2D eigenvalue weighted by atomic mass is 19.1. The number of carbonyl (C=O) groups excluding carboxylic acids is 2. The largest absolute Gasteiger partial charge is 0.466 e. The standard InChI is InChI=1S/C26H33FN4O4/c1-5-34-24(32)15-8-9-18-20(12-15)30-22-16(13-28)11-19(27)23(21(18)22)31-10-6-7-17(14-31)29-25(33)35-26(2,3)4/h11,15,17,30H,5-10,12,14H2,1-4H3,(H,29,33). The van der Waals surface area contributed by atoms with Crippen LogP contribution in [0, 0.1) is 23.1 Å². The quantitative estimate of drug-likeness (QED) is 0.625. The molecule has 4 rings (SSSR count). The Hall–Kier alpha value is -3.28. The van der Waals surface area contributed by atoms with E-state index in [-0.39, 0.29) is 23.5 Å².